The quantitative estimate of drug-likeness (QED) is 0.177. The number of aromatic hydroxyl groups is 1. The number of hydrogen-bond acceptors (Lipinski definition) is 4. The Kier molecular flexibility index (Phi) is 8.93. The monoisotopic (exact) mass is 686 g/mol. The van der Waals surface area contributed by atoms with Crippen molar-refractivity contribution in [2.75, 3.05) is 0 Å². The molecule has 0 radical (unpaired) electrons. The molecule has 256 valence electrons. The van der Waals surface area contributed by atoms with E-state index in [1.54, 1.807) is 17.6 Å². The topological polar surface area (TPSA) is 45.5 Å². The van der Waals surface area contributed by atoms with Crippen LogP contribution in [0.5, 0.6) is 5.75 Å². The molecule has 0 fully saturated rings. The Hall–Kier alpha value is -5.06. The third kappa shape index (κ3) is 6.98. The summed E-state index contributed by atoms with van der Waals surface area (Å²) in [6.45, 7) is 17.5. The average molecular weight is 687 g/mol. The van der Waals surface area contributed by atoms with Crippen molar-refractivity contribution in [3.63, 3.8) is 0 Å². The second-order valence-corrected chi connectivity index (χ2v) is 17.0. The molecule has 4 heteroatoms. The first-order valence-electron chi connectivity index (χ1n) is 17.8. The van der Waals surface area contributed by atoms with Crippen LogP contribution < -0.4 is 0 Å². The van der Waals surface area contributed by atoms with Gasteiger partial charge in [0, 0.05) is 28.5 Å². The number of benzene rings is 6. The largest absolute Gasteiger partial charge is 0.507 e. The zero-order valence-corrected chi connectivity index (χ0v) is 31.7. The molecular formula is C47H46N2OS. The molecule has 3 nitrogen and oxygen atoms in total. The van der Waals surface area contributed by atoms with Gasteiger partial charge in [-0.25, -0.2) is 4.98 Å². The summed E-state index contributed by atoms with van der Waals surface area (Å²) in [6.07, 6.45) is 1.80. The van der Waals surface area contributed by atoms with Gasteiger partial charge in [0.2, 0.25) is 0 Å². The standard InChI is InChI=1S/C47H46N2OS/c1-29(2)30-16-18-31(19-17-30)32-20-21-34-25-35(23-22-33(34)24-32)38-13-11-15-42-43(38)49-45(51-42)39-12-9-10-14-41(39)48-28-36-26-37(46(3,4)5)27-40(44(36)50)47(6,7)8/h9-29,50H,1-8H3. The second kappa shape index (κ2) is 13.2. The first-order chi connectivity index (χ1) is 24.3. The molecule has 0 aliphatic carbocycles. The molecule has 0 unspecified atom stereocenters. The number of phenolic OH excluding ortho intramolecular Hbond substituents is 1. The molecule has 1 aromatic heterocycles. The number of phenols is 1. The lowest BCUT2D eigenvalue weighted by Gasteiger charge is -2.27. The van der Waals surface area contributed by atoms with Crippen molar-refractivity contribution < 1.29 is 5.11 Å². The highest BCUT2D eigenvalue weighted by Crippen LogP contribution is 2.41. The van der Waals surface area contributed by atoms with Gasteiger partial charge in [0.15, 0.2) is 0 Å². The summed E-state index contributed by atoms with van der Waals surface area (Å²) in [4.78, 5) is 10.2. The van der Waals surface area contributed by atoms with E-state index in [2.05, 4.69) is 152 Å². The number of aliphatic imine (C=N–C) groups is 1. The van der Waals surface area contributed by atoms with Gasteiger partial charge in [0.05, 0.1) is 15.9 Å². The number of fused-ring (bicyclic) bond motifs is 2. The lowest BCUT2D eigenvalue weighted by Crippen LogP contribution is -2.17. The summed E-state index contributed by atoms with van der Waals surface area (Å²) in [7, 11) is 0. The van der Waals surface area contributed by atoms with Gasteiger partial charge in [-0.15, -0.1) is 11.3 Å². The summed E-state index contributed by atoms with van der Waals surface area (Å²) in [5.74, 6) is 0.809. The van der Waals surface area contributed by atoms with Crippen molar-refractivity contribution in [1.82, 2.24) is 4.98 Å². The molecule has 7 rings (SSSR count). The first-order valence-corrected chi connectivity index (χ1v) is 18.6. The summed E-state index contributed by atoms with van der Waals surface area (Å²) in [5.41, 5.74) is 11.4. The number of aromatic nitrogens is 1. The van der Waals surface area contributed by atoms with Crippen LogP contribution in [0.2, 0.25) is 0 Å². The Labute approximate surface area is 306 Å². The third-order valence-electron chi connectivity index (χ3n) is 9.77. The smallest absolute Gasteiger partial charge is 0.128 e. The predicted octanol–water partition coefficient (Wildman–Crippen LogP) is 13.6. The molecule has 0 amide bonds. The highest BCUT2D eigenvalue weighted by molar-refractivity contribution is 7.21. The van der Waals surface area contributed by atoms with Gasteiger partial charge < -0.3 is 5.11 Å². The zero-order valence-electron chi connectivity index (χ0n) is 30.9. The minimum Gasteiger partial charge on any atom is -0.507 e. The fourth-order valence-corrected chi connectivity index (χ4v) is 7.64. The van der Waals surface area contributed by atoms with Crippen LogP contribution in [0.3, 0.4) is 0 Å². The maximum atomic E-state index is 11.4. The number of nitrogens with zero attached hydrogens (tertiary/aromatic N) is 2. The third-order valence-corrected chi connectivity index (χ3v) is 10.8. The van der Waals surface area contributed by atoms with Gasteiger partial charge in [0.25, 0.3) is 0 Å². The van der Waals surface area contributed by atoms with Gasteiger partial charge in [-0.3, -0.25) is 4.99 Å². The Balaban J connectivity index is 1.23. The molecule has 1 heterocycles. The zero-order chi connectivity index (χ0) is 36.1. The summed E-state index contributed by atoms with van der Waals surface area (Å²) < 4.78 is 1.13. The molecule has 7 aromatic rings. The summed E-state index contributed by atoms with van der Waals surface area (Å²) in [6, 6.07) is 41.1. The van der Waals surface area contributed by atoms with E-state index in [9.17, 15) is 5.11 Å². The van der Waals surface area contributed by atoms with Crippen LogP contribution in [-0.4, -0.2) is 16.3 Å². The van der Waals surface area contributed by atoms with E-state index in [1.165, 1.54) is 33.0 Å². The van der Waals surface area contributed by atoms with Crippen molar-refractivity contribution in [3.8, 4) is 38.6 Å². The van der Waals surface area contributed by atoms with Crippen LogP contribution in [0.25, 0.3) is 53.8 Å². The SMILES string of the molecule is CC(C)c1ccc(-c2ccc3cc(-c4cccc5sc(-c6ccccc6N=Cc6cc(C(C)(C)C)cc(C(C)(C)C)c6O)nc45)ccc3c2)cc1. The van der Waals surface area contributed by atoms with Crippen molar-refractivity contribution >= 4 is 44.2 Å². The van der Waals surface area contributed by atoms with E-state index in [1.807, 2.05) is 18.2 Å². The van der Waals surface area contributed by atoms with E-state index in [-0.39, 0.29) is 16.6 Å². The highest BCUT2D eigenvalue weighted by atomic mass is 32.1. The van der Waals surface area contributed by atoms with Crippen LogP contribution >= 0.6 is 11.3 Å². The van der Waals surface area contributed by atoms with Crippen molar-refractivity contribution in [1.29, 1.82) is 0 Å². The predicted molar refractivity (Wildman–Crippen MR) is 220 cm³/mol. The molecule has 0 spiro atoms. The van der Waals surface area contributed by atoms with Gasteiger partial charge in [0.1, 0.15) is 10.8 Å². The lowest BCUT2D eigenvalue weighted by molar-refractivity contribution is 0.444. The van der Waals surface area contributed by atoms with E-state index in [0.29, 0.717) is 5.92 Å². The van der Waals surface area contributed by atoms with Crippen LogP contribution in [0.15, 0.2) is 120 Å². The molecular weight excluding hydrogens is 641 g/mol. The van der Waals surface area contributed by atoms with Crippen LogP contribution in [0.4, 0.5) is 5.69 Å². The highest BCUT2D eigenvalue weighted by Gasteiger charge is 2.24. The van der Waals surface area contributed by atoms with E-state index in [4.69, 9.17) is 9.98 Å². The van der Waals surface area contributed by atoms with Gasteiger partial charge in [-0.2, -0.15) is 0 Å². The van der Waals surface area contributed by atoms with E-state index >= 15 is 0 Å². The Morgan fingerprint density at radius 1 is 0.667 bits per heavy atom. The molecule has 6 aromatic carbocycles. The fourth-order valence-electron chi connectivity index (χ4n) is 6.62. The van der Waals surface area contributed by atoms with E-state index < -0.39 is 0 Å². The lowest BCUT2D eigenvalue weighted by atomic mass is 9.79. The van der Waals surface area contributed by atoms with Crippen molar-refractivity contribution in [2.24, 2.45) is 4.99 Å². The van der Waals surface area contributed by atoms with Gasteiger partial charge in [-0.1, -0.05) is 134 Å². The van der Waals surface area contributed by atoms with Crippen LogP contribution in [-0.2, 0) is 10.8 Å². The number of rotatable bonds is 6. The Morgan fingerprint density at radius 2 is 1.31 bits per heavy atom. The molecule has 0 atom stereocenters. The van der Waals surface area contributed by atoms with Crippen molar-refractivity contribution in [3.05, 3.63) is 138 Å². The van der Waals surface area contributed by atoms with E-state index in [0.717, 1.165) is 48.7 Å². The molecule has 0 saturated heterocycles. The fraction of sp³-hybridized carbons (Fsp3) is 0.234. The molecule has 0 saturated carbocycles. The molecule has 0 bridgehead atoms. The number of thiazole rings is 1. The average Bonchev–Trinajstić information content (AvgIpc) is 3.54. The molecule has 0 aliphatic heterocycles. The normalized spacial score (nSPS) is 12.5. The maximum absolute atomic E-state index is 11.4. The minimum absolute atomic E-state index is 0.0685. The van der Waals surface area contributed by atoms with Crippen molar-refractivity contribution in [2.45, 2.75) is 72.1 Å². The molecule has 51 heavy (non-hydrogen) atoms. The van der Waals surface area contributed by atoms with Gasteiger partial charge >= 0.3 is 0 Å². The number of hydrogen-bond donors (Lipinski definition) is 1. The second-order valence-electron chi connectivity index (χ2n) is 16.0. The molecule has 1 N–H and O–H groups in total. The maximum Gasteiger partial charge on any atom is 0.128 e. The van der Waals surface area contributed by atoms with Gasteiger partial charge in [-0.05, 0) is 91.7 Å². The Morgan fingerprint density at radius 3 is 2.00 bits per heavy atom. The Bertz CT molecular complexity index is 2420. The number of para-hydroxylation sites is 2. The first kappa shape index (κ1) is 34.4. The summed E-state index contributed by atoms with van der Waals surface area (Å²) in [5, 5.41) is 14.7. The van der Waals surface area contributed by atoms with Crippen LogP contribution in [0, 0.1) is 0 Å². The summed E-state index contributed by atoms with van der Waals surface area (Å²) >= 11 is 1.68. The minimum atomic E-state index is -0.210. The van der Waals surface area contributed by atoms with Crippen LogP contribution in [0.1, 0.15) is 83.6 Å². The molecule has 0 aliphatic rings.